The first-order chi connectivity index (χ1) is 15.9. The minimum Gasteiger partial charge on any atom is -0.477 e. The Labute approximate surface area is 194 Å². The van der Waals surface area contributed by atoms with Crippen molar-refractivity contribution in [2.45, 2.75) is 24.3 Å². The number of hydrogen-bond donors (Lipinski definition) is 2. The Bertz CT molecular complexity index is 1080. The normalized spacial score (nSPS) is 19.6. The van der Waals surface area contributed by atoms with Crippen LogP contribution in [0.15, 0.2) is 71.9 Å². The predicted octanol–water partition coefficient (Wildman–Crippen LogP) is 2.12. The molecule has 9 heteroatoms. The van der Waals surface area contributed by atoms with Crippen molar-refractivity contribution in [1.82, 2.24) is 10.2 Å². The van der Waals surface area contributed by atoms with Crippen LogP contribution in [0.5, 0.6) is 0 Å². The first-order valence-electron chi connectivity index (χ1n) is 10.3. The van der Waals surface area contributed by atoms with Crippen LogP contribution in [-0.2, 0) is 23.9 Å². The fraction of sp³-hybridized carbons (Fsp3) is 0.250. The van der Waals surface area contributed by atoms with E-state index in [4.69, 9.17) is 4.74 Å². The zero-order valence-corrected chi connectivity index (χ0v) is 18.6. The van der Waals surface area contributed by atoms with Crippen LogP contribution in [0.3, 0.4) is 0 Å². The standard InChI is InChI=1S/C24H22N2O6S/c1-14(27)32-12-17-13-33-23-19(22(29)26(23)20(17)24(30)31)25-21(28)18(15-8-4-2-5-9-15)16-10-6-3-7-11-16/h2-11,18-19,23H,12-13H2,1H3,(H,25,28)(H,30,31)/t19-,23-/m1/s1. The summed E-state index contributed by atoms with van der Waals surface area (Å²) in [7, 11) is 0. The third-order valence-corrected chi connectivity index (χ3v) is 6.86. The number of β-lactam (4-membered cyclic amide) rings is 1. The molecule has 4 rings (SSSR count). The molecular weight excluding hydrogens is 444 g/mol. The van der Waals surface area contributed by atoms with Crippen molar-refractivity contribution in [2.24, 2.45) is 0 Å². The SMILES string of the molecule is CC(=O)OCC1=C(C(=O)O)N2C(=O)[C@@H](NC(=O)C(c3ccccc3)c3ccccc3)[C@H]2SC1. The molecule has 2 aromatic carbocycles. The maximum Gasteiger partial charge on any atom is 0.352 e. The predicted molar refractivity (Wildman–Crippen MR) is 121 cm³/mol. The summed E-state index contributed by atoms with van der Waals surface area (Å²) < 4.78 is 4.94. The molecular formula is C24H22N2O6S. The van der Waals surface area contributed by atoms with Crippen LogP contribution in [0, 0.1) is 0 Å². The quantitative estimate of drug-likeness (QED) is 0.475. The monoisotopic (exact) mass is 466 g/mol. The number of nitrogens with zero attached hydrogens (tertiary/aromatic N) is 1. The van der Waals surface area contributed by atoms with Gasteiger partial charge in [-0.1, -0.05) is 60.7 Å². The fourth-order valence-electron chi connectivity index (χ4n) is 4.01. The summed E-state index contributed by atoms with van der Waals surface area (Å²) in [6.07, 6.45) is 0. The second-order valence-corrected chi connectivity index (χ2v) is 8.79. The van der Waals surface area contributed by atoms with Gasteiger partial charge >= 0.3 is 11.9 Å². The van der Waals surface area contributed by atoms with Crippen molar-refractivity contribution in [1.29, 1.82) is 0 Å². The van der Waals surface area contributed by atoms with E-state index in [0.717, 1.165) is 11.1 Å². The van der Waals surface area contributed by atoms with E-state index in [2.05, 4.69) is 5.32 Å². The number of esters is 1. The third-order valence-electron chi connectivity index (χ3n) is 5.53. The fourth-order valence-corrected chi connectivity index (χ4v) is 5.33. The smallest absolute Gasteiger partial charge is 0.352 e. The number of fused-ring (bicyclic) bond motifs is 1. The molecule has 0 spiro atoms. The number of hydrogen-bond acceptors (Lipinski definition) is 6. The average molecular weight is 467 g/mol. The van der Waals surface area contributed by atoms with Crippen LogP contribution >= 0.6 is 11.8 Å². The molecule has 0 saturated carbocycles. The van der Waals surface area contributed by atoms with E-state index in [1.165, 1.54) is 23.6 Å². The first kappa shape index (κ1) is 22.6. The Morgan fingerprint density at radius 2 is 1.67 bits per heavy atom. The number of carbonyl (C=O) groups excluding carboxylic acids is 3. The molecule has 2 atom stereocenters. The number of thioether (sulfide) groups is 1. The lowest BCUT2D eigenvalue weighted by molar-refractivity contribution is -0.151. The lowest BCUT2D eigenvalue weighted by Gasteiger charge is -2.49. The number of nitrogens with one attached hydrogen (secondary N) is 1. The molecule has 33 heavy (non-hydrogen) atoms. The van der Waals surface area contributed by atoms with Crippen LogP contribution in [0.1, 0.15) is 24.0 Å². The van der Waals surface area contributed by atoms with Crippen molar-refractivity contribution >= 4 is 35.5 Å². The number of aliphatic carboxylic acids is 1. The molecule has 0 aromatic heterocycles. The number of benzene rings is 2. The molecule has 0 aliphatic carbocycles. The maximum atomic E-state index is 13.3. The highest BCUT2D eigenvalue weighted by molar-refractivity contribution is 8.00. The van der Waals surface area contributed by atoms with Gasteiger partial charge in [0.1, 0.15) is 23.7 Å². The van der Waals surface area contributed by atoms with E-state index >= 15 is 0 Å². The summed E-state index contributed by atoms with van der Waals surface area (Å²) in [5.74, 6) is -2.98. The summed E-state index contributed by atoms with van der Waals surface area (Å²) in [5, 5.41) is 12.0. The van der Waals surface area contributed by atoms with E-state index in [0.29, 0.717) is 5.57 Å². The Hall–Kier alpha value is -3.59. The number of amides is 2. The number of ether oxygens (including phenoxy) is 1. The van der Waals surface area contributed by atoms with Gasteiger partial charge in [0.25, 0.3) is 5.91 Å². The molecule has 8 nitrogen and oxygen atoms in total. The minimum absolute atomic E-state index is 0.182. The summed E-state index contributed by atoms with van der Waals surface area (Å²) in [6.45, 7) is 1.04. The molecule has 0 unspecified atom stereocenters. The zero-order chi connectivity index (χ0) is 23.5. The second-order valence-electron chi connectivity index (χ2n) is 7.69. The highest BCUT2D eigenvalue weighted by atomic mass is 32.2. The molecule has 2 aliphatic heterocycles. The van der Waals surface area contributed by atoms with Gasteiger partial charge in [-0.2, -0.15) is 0 Å². The van der Waals surface area contributed by atoms with E-state index < -0.39 is 35.2 Å². The van der Waals surface area contributed by atoms with Gasteiger partial charge in [-0.05, 0) is 11.1 Å². The lowest BCUT2D eigenvalue weighted by atomic mass is 9.90. The van der Waals surface area contributed by atoms with Crippen LogP contribution < -0.4 is 5.32 Å². The highest BCUT2D eigenvalue weighted by Crippen LogP contribution is 2.40. The molecule has 2 aliphatic rings. The molecule has 170 valence electrons. The van der Waals surface area contributed by atoms with Gasteiger partial charge in [0.15, 0.2) is 0 Å². The summed E-state index contributed by atoms with van der Waals surface area (Å²) >= 11 is 1.33. The number of rotatable bonds is 7. The van der Waals surface area contributed by atoms with Gasteiger partial charge in [0.05, 0.1) is 5.92 Å². The van der Waals surface area contributed by atoms with E-state index in [9.17, 15) is 24.3 Å². The maximum absolute atomic E-state index is 13.3. The molecule has 2 N–H and O–H groups in total. The largest absolute Gasteiger partial charge is 0.477 e. The highest BCUT2D eigenvalue weighted by Gasteiger charge is 2.54. The summed E-state index contributed by atoms with van der Waals surface area (Å²) in [6, 6.07) is 17.7. The Morgan fingerprint density at radius 3 is 2.18 bits per heavy atom. The van der Waals surface area contributed by atoms with Gasteiger partial charge in [-0.3, -0.25) is 19.3 Å². The topological polar surface area (TPSA) is 113 Å². The molecule has 1 fully saturated rings. The van der Waals surface area contributed by atoms with Crippen molar-refractivity contribution in [3.8, 4) is 0 Å². The molecule has 2 aromatic rings. The first-order valence-corrected chi connectivity index (χ1v) is 11.4. The average Bonchev–Trinajstić information content (AvgIpc) is 2.82. The van der Waals surface area contributed by atoms with E-state index in [1.54, 1.807) is 0 Å². The van der Waals surface area contributed by atoms with Crippen molar-refractivity contribution in [3.05, 3.63) is 83.1 Å². The number of carboxylic acids is 1. The molecule has 0 bridgehead atoms. The van der Waals surface area contributed by atoms with Crippen molar-refractivity contribution < 1.29 is 29.0 Å². The number of carboxylic acid groups (broad SMARTS) is 1. The van der Waals surface area contributed by atoms with E-state index in [-0.39, 0.29) is 24.0 Å². The zero-order valence-electron chi connectivity index (χ0n) is 17.8. The number of carbonyl (C=O) groups is 4. The Morgan fingerprint density at radius 1 is 1.09 bits per heavy atom. The molecule has 2 amide bonds. The second kappa shape index (κ2) is 9.50. The summed E-state index contributed by atoms with van der Waals surface area (Å²) in [4.78, 5) is 50.4. The van der Waals surface area contributed by atoms with Crippen LogP contribution in [-0.4, -0.2) is 57.5 Å². The summed E-state index contributed by atoms with van der Waals surface area (Å²) in [5.41, 5.74) is 1.74. The molecule has 1 saturated heterocycles. The lowest BCUT2D eigenvalue weighted by Crippen LogP contribution is -2.71. The molecule has 0 radical (unpaired) electrons. The molecule has 2 heterocycles. The van der Waals surface area contributed by atoms with Crippen LogP contribution in [0.4, 0.5) is 0 Å². The van der Waals surface area contributed by atoms with Crippen molar-refractivity contribution in [2.75, 3.05) is 12.4 Å². The van der Waals surface area contributed by atoms with Gasteiger partial charge in [-0.15, -0.1) is 11.8 Å². The van der Waals surface area contributed by atoms with E-state index in [1.807, 2.05) is 60.7 Å². The van der Waals surface area contributed by atoms with Gasteiger partial charge < -0.3 is 15.2 Å². The van der Waals surface area contributed by atoms with Gasteiger partial charge in [0.2, 0.25) is 5.91 Å². The third kappa shape index (κ3) is 4.49. The van der Waals surface area contributed by atoms with Crippen LogP contribution in [0.25, 0.3) is 0 Å². The van der Waals surface area contributed by atoms with Gasteiger partial charge in [0, 0.05) is 18.2 Å². The van der Waals surface area contributed by atoms with Crippen LogP contribution in [0.2, 0.25) is 0 Å². The Balaban J connectivity index is 1.56. The van der Waals surface area contributed by atoms with Crippen molar-refractivity contribution in [3.63, 3.8) is 0 Å². The van der Waals surface area contributed by atoms with Gasteiger partial charge in [-0.25, -0.2) is 4.79 Å². The minimum atomic E-state index is -1.27. The Kier molecular flexibility index (Phi) is 6.50.